The molecule has 2 N–H and O–H groups in total. The lowest BCUT2D eigenvalue weighted by atomic mass is 10.1. The summed E-state index contributed by atoms with van der Waals surface area (Å²) < 4.78 is 7.50. The van der Waals surface area contributed by atoms with Crippen LogP contribution >= 0.6 is 24.0 Å². The molecule has 31 heavy (non-hydrogen) atoms. The van der Waals surface area contributed by atoms with Gasteiger partial charge in [0.1, 0.15) is 0 Å². The number of guanidine groups is 1. The highest BCUT2D eigenvalue weighted by molar-refractivity contribution is 14.0. The second-order valence-electron chi connectivity index (χ2n) is 7.40. The molecular formula is C24H32IN5O. The first-order valence-corrected chi connectivity index (χ1v) is 10.4. The molecule has 7 heteroatoms. The first-order valence-electron chi connectivity index (χ1n) is 10.4. The van der Waals surface area contributed by atoms with Gasteiger partial charge in [-0.3, -0.25) is 4.99 Å². The molecule has 2 aromatic carbocycles. The molecule has 0 bridgehead atoms. The van der Waals surface area contributed by atoms with Gasteiger partial charge in [-0.2, -0.15) is 5.10 Å². The van der Waals surface area contributed by atoms with Crippen LogP contribution in [0.1, 0.15) is 30.5 Å². The summed E-state index contributed by atoms with van der Waals surface area (Å²) >= 11 is 0. The topological polar surface area (TPSA) is 63.5 Å². The van der Waals surface area contributed by atoms with Crippen molar-refractivity contribution in [1.82, 2.24) is 20.4 Å². The van der Waals surface area contributed by atoms with Crippen LogP contribution < -0.4 is 10.6 Å². The summed E-state index contributed by atoms with van der Waals surface area (Å²) in [7, 11) is 1.79. The molecular weight excluding hydrogens is 501 g/mol. The van der Waals surface area contributed by atoms with E-state index in [0.717, 1.165) is 31.2 Å². The van der Waals surface area contributed by atoms with Gasteiger partial charge in [-0.1, -0.05) is 36.4 Å². The van der Waals surface area contributed by atoms with Gasteiger partial charge in [0.25, 0.3) is 0 Å². The lowest BCUT2D eigenvalue weighted by molar-refractivity contribution is 0.0657. The van der Waals surface area contributed by atoms with E-state index in [4.69, 9.17) is 4.74 Å². The largest absolute Gasteiger partial charge is 0.374 e. The maximum atomic E-state index is 5.64. The number of hydrogen-bond acceptors (Lipinski definition) is 3. The Hall–Kier alpha value is -2.39. The van der Waals surface area contributed by atoms with E-state index in [1.807, 2.05) is 30.8 Å². The Balaban J connectivity index is 0.00000341. The highest BCUT2D eigenvalue weighted by atomic mass is 127. The summed E-state index contributed by atoms with van der Waals surface area (Å²) in [6.45, 7) is 6.29. The first kappa shape index (κ1) is 24.9. The minimum Gasteiger partial charge on any atom is -0.374 e. The van der Waals surface area contributed by atoms with E-state index >= 15 is 0 Å². The normalized spacial score (nSPS) is 11.3. The highest BCUT2D eigenvalue weighted by Gasteiger charge is 2.02. The number of halogens is 1. The van der Waals surface area contributed by atoms with Crippen molar-refractivity contribution in [2.75, 3.05) is 13.6 Å². The highest BCUT2D eigenvalue weighted by Crippen LogP contribution is 2.09. The molecule has 0 atom stereocenters. The Labute approximate surface area is 202 Å². The summed E-state index contributed by atoms with van der Waals surface area (Å²) in [5.41, 5.74) is 4.73. The number of aromatic nitrogens is 2. The molecule has 6 nitrogen and oxygen atoms in total. The molecule has 0 aliphatic heterocycles. The molecule has 1 heterocycles. The van der Waals surface area contributed by atoms with Crippen LogP contribution in [-0.2, 0) is 24.3 Å². The van der Waals surface area contributed by atoms with Crippen LogP contribution in [0.15, 0.2) is 72.0 Å². The Morgan fingerprint density at radius 2 is 1.68 bits per heavy atom. The van der Waals surface area contributed by atoms with Crippen molar-refractivity contribution >= 4 is 29.9 Å². The van der Waals surface area contributed by atoms with Crippen molar-refractivity contribution in [2.24, 2.45) is 4.99 Å². The van der Waals surface area contributed by atoms with Crippen molar-refractivity contribution < 1.29 is 4.74 Å². The van der Waals surface area contributed by atoms with Crippen molar-refractivity contribution in [2.45, 2.75) is 39.5 Å². The number of nitrogens with one attached hydrogen (secondary N) is 2. The molecule has 0 fully saturated rings. The number of rotatable bonds is 9. The zero-order chi connectivity index (χ0) is 21.2. The fourth-order valence-electron chi connectivity index (χ4n) is 2.98. The average Bonchev–Trinajstić information content (AvgIpc) is 3.31. The maximum absolute atomic E-state index is 5.64. The standard InChI is InChI=1S/C24H31N5O.HI/c1-19(2)30-18-22-7-5-21(6-8-22)17-27-24(25-3)26-15-13-20-9-11-23(12-10-20)29-16-4-14-28-29;/h4-12,14,16,19H,13,15,17-18H2,1-3H3,(H2,25,26,27);1H. The smallest absolute Gasteiger partial charge is 0.191 e. The Morgan fingerprint density at radius 1 is 1.00 bits per heavy atom. The molecule has 1 aromatic heterocycles. The number of ether oxygens (including phenoxy) is 1. The Morgan fingerprint density at radius 3 is 2.29 bits per heavy atom. The molecule has 0 saturated heterocycles. The van der Waals surface area contributed by atoms with Gasteiger partial charge in [-0.25, -0.2) is 4.68 Å². The van der Waals surface area contributed by atoms with E-state index in [9.17, 15) is 0 Å². The van der Waals surface area contributed by atoms with Gasteiger partial charge >= 0.3 is 0 Å². The molecule has 0 unspecified atom stereocenters. The minimum absolute atomic E-state index is 0. The van der Waals surface area contributed by atoms with Crippen molar-refractivity contribution in [3.05, 3.63) is 83.7 Å². The molecule has 3 aromatic rings. The zero-order valence-corrected chi connectivity index (χ0v) is 20.7. The summed E-state index contributed by atoms with van der Waals surface area (Å²) in [6.07, 6.45) is 4.89. The monoisotopic (exact) mass is 533 g/mol. The van der Waals surface area contributed by atoms with Crippen molar-refractivity contribution in [3.8, 4) is 5.69 Å². The van der Waals surface area contributed by atoms with Gasteiger partial charge in [0, 0.05) is 32.5 Å². The molecule has 0 amide bonds. The minimum atomic E-state index is 0. The van der Waals surface area contributed by atoms with Gasteiger partial charge < -0.3 is 15.4 Å². The third-order valence-corrected chi connectivity index (χ3v) is 4.70. The summed E-state index contributed by atoms with van der Waals surface area (Å²) in [5, 5.41) is 11.0. The summed E-state index contributed by atoms with van der Waals surface area (Å²) in [5.74, 6) is 0.801. The lowest BCUT2D eigenvalue weighted by Crippen LogP contribution is -2.37. The van der Waals surface area contributed by atoms with Crippen LogP contribution in [0.4, 0.5) is 0 Å². The van der Waals surface area contributed by atoms with Crippen molar-refractivity contribution in [1.29, 1.82) is 0 Å². The van der Waals surface area contributed by atoms with Crippen LogP contribution in [-0.4, -0.2) is 35.4 Å². The van der Waals surface area contributed by atoms with E-state index in [1.54, 1.807) is 13.2 Å². The second-order valence-corrected chi connectivity index (χ2v) is 7.40. The van der Waals surface area contributed by atoms with Crippen LogP contribution in [0.25, 0.3) is 5.69 Å². The first-order chi connectivity index (χ1) is 14.6. The van der Waals surface area contributed by atoms with E-state index in [-0.39, 0.29) is 30.1 Å². The van der Waals surface area contributed by atoms with Gasteiger partial charge in [-0.05, 0) is 55.2 Å². The molecule has 0 saturated carbocycles. The number of benzene rings is 2. The molecule has 0 radical (unpaired) electrons. The lowest BCUT2D eigenvalue weighted by Gasteiger charge is -2.13. The van der Waals surface area contributed by atoms with Crippen LogP contribution in [0, 0.1) is 0 Å². The predicted molar refractivity (Wildman–Crippen MR) is 137 cm³/mol. The van der Waals surface area contributed by atoms with Gasteiger partial charge in [0.05, 0.1) is 18.4 Å². The van der Waals surface area contributed by atoms with E-state index < -0.39 is 0 Å². The van der Waals surface area contributed by atoms with Crippen LogP contribution in [0.5, 0.6) is 0 Å². The predicted octanol–water partition coefficient (Wildman–Crippen LogP) is 4.32. The summed E-state index contributed by atoms with van der Waals surface area (Å²) in [4.78, 5) is 4.31. The number of hydrogen-bond donors (Lipinski definition) is 2. The van der Waals surface area contributed by atoms with Crippen LogP contribution in [0.2, 0.25) is 0 Å². The Bertz CT molecular complexity index is 906. The Kier molecular flexibility index (Phi) is 10.5. The molecule has 0 spiro atoms. The average molecular weight is 533 g/mol. The molecule has 0 aliphatic carbocycles. The molecule has 3 rings (SSSR count). The second kappa shape index (κ2) is 13.1. The fraction of sp³-hybridized carbons (Fsp3) is 0.333. The zero-order valence-electron chi connectivity index (χ0n) is 18.4. The van der Waals surface area contributed by atoms with Gasteiger partial charge in [0.2, 0.25) is 0 Å². The quantitative estimate of drug-likeness (QED) is 0.244. The van der Waals surface area contributed by atoms with E-state index in [1.165, 1.54) is 16.7 Å². The molecule has 0 aliphatic rings. The van der Waals surface area contributed by atoms with Gasteiger partial charge in [0.15, 0.2) is 5.96 Å². The van der Waals surface area contributed by atoms with E-state index in [0.29, 0.717) is 6.61 Å². The van der Waals surface area contributed by atoms with Gasteiger partial charge in [-0.15, -0.1) is 24.0 Å². The third kappa shape index (κ3) is 8.34. The number of aliphatic imine (C=N–C) groups is 1. The maximum Gasteiger partial charge on any atom is 0.191 e. The molecule has 166 valence electrons. The van der Waals surface area contributed by atoms with Crippen LogP contribution in [0.3, 0.4) is 0 Å². The summed E-state index contributed by atoms with van der Waals surface area (Å²) in [6, 6.07) is 18.9. The number of nitrogens with zero attached hydrogens (tertiary/aromatic N) is 3. The third-order valence-electron chi connectivity index (χ3n) is 4.70. The SMILES string of the molecule is CN=C(NCCc1ccc(-n2cccn2)cc1)NCc1ccc(COC(C)C)cc1.I. The van der Waals surface area contributed by atoms with E-state index in [2.05, 4.69) is 69.3 Å². The van der Waals surface area contributed by atoms with Crippen molar-refractivity contribution in [3.63, 3.8) is 0 Å². The fourth-order valence-corrected chi connectivity index (χ4v) is 2.98.